The third kappa shape index (κ3) is 2.58. The SMILES string of the molecule is CC1C(N)CCCN1c1n[nH]c(-c2cccc(Br)c2)n1. The van der Waals surface area contributed by atoms with Crippen molar-refractivity contribution in [1.82, 2.24) is 15.2 Å². The molecule has 5 nitrogen and oxygen atoms in total. The van der Waals surface area contributed by atoms with Gasteiger partial charge in [-0.05, 0) is 31.9 Å². The number of rotatable bonds is 2. The smallest absolute Gasteiger partial charge is 0.245 e. The van der Waals surface area contributed by atoms with E-state index in [1.54, 1.807) is 0 Å². The number of piperidine rings is 1. The standard InChI is InChI=1S/C14H18BrN5/c1-9-12(16)6-3-7-20(9)14-17-13(18-19-14)10-4-2-5-11(15)8-10/h2,4-5,8-9,12H,3,6-7,16H2,1H3,(H,17,18,19). The van der Waals surface area contributed by atoms with Gasteiger partial charge in [-0.15, -0.1) is 5.10 Å². The molecule has 0 saturated carbocycles. The average Bonchev–Trinajstić information content (AvgIpc) is 2.91. The van der Waals surface area contributed by atoms with Crippen molar-refractivity contribution in [3.63, 3.8) is 0 Å². The maximum atomic E-state index is 6.13. The first-order valence-electron chi connectivity index (χ1n) is 6.86. The molecule has 0 spiro atoms. The molecule has 1 aromatic carbocycles. The Hall–Kier alpha value is -1.40. The second-order valence-electron chi connectivity index (χ2n) is 5.23. The third-order valence-corrected chi connectivity index (χ3v) is 4.37. The van der Waals surface area contributed by atoms with Crippen molar-refractivity contribution in [2.24, 2.45) is 5.73 Å². The second kappa shape index (κ2) is 5.54. The number of aromatic nitrogens is 3. The summed E-state index contributed by atoms with van der Waals surface area (Å²) in [5, 5.41) is 7.37. The van der Waals surface area contributed by atoms with Crippen LogP contribution >= 0.6 is 15.9 Å². The molecular formula is C14H18BrN5. The van der Waals surface area contributed by atoms with Gasteiger partial charge in [-0.2, -0.15) is 4.98 Å². The van der Waals surface area contributed by atoms with Crippen LogP contribution < -0.4 is 10.6 Å². The van der Waals surface area contributed by atoms with E-state index in [4.69, 9.17) is 5.73 Å². The summed E-state index contributed by atoms with van der Waals surface area (Å²) in [5.74, 6) is 1.52. The largest absolute Gasteiger partial charge is 0.335 e. The highest BCUT2D eigenvalue weighted by Gasteiger charge is 2.27. The predicted molar refractivity (Wildman–Crippen MR) is 83.5 cm³/mol. The van der Waals surface area contributed by atoms with Crippen molar-refractivity contribution < 1.29 is 0 Å². The number of aromatic amines is 1. The molecule has 0 bridgehead atoms. The van der Waals surface area contributed by atoms with E-state index in [1.165, 1.54) is 0 Å². The van der Waals surface area contributed by atoms with Crippen LogP contribution in [0, 0.1) is 0 Å². The van der Waals surface area contributed by atoms with E-state index in [1.807, 2.05) is 24.3 Å². The van der Waals surface area contributed by atoms with Gasteiger partial charge in [0.05, 0.1) is 0 Å². The van der Waals surface area contributed by atoms with Crippen LogP contribution in [0.2, 0.25) is 0 Å². The molecule has 2 aromatic rings. The molecule has 2 heterocycles. The lowest BCUT2D eigenvalue weighted by atomic mass is 9.99. The fourth-order valence-corrected chi connectivity index (χ4v) is 3.00. The Kier molecular flexibility index (Phi) is 3.76. The Morgan fingerprint density at radius 1 is 1.45 bits per heavy atom. The van der Waals surface area contributed by atoms with Gasteiger partial charge in [0.2, 0.25) is 5.95 Å². The molecule has 6 heteroatoms. The Morgan fingerprint density at radius 2 is 2.30 bits per heavy atom. The topological polar surface area (TPSA) is 70.8 Å². The Bertz CT molecular complexity index is 597. The summed E-state index contributed by atoms with van der Waals surface area (Å²) in [4.78, 5) is 6.80. The molecular weight excluding hydrogens is 318 g/mol. The van der Waals surface area contributed by atoms with Gasteiger partial charge in [-0.3, -0.25) is 5.10 Å². The van der Waals surface area contributed by atoms with Crippen molar-refractivity contribution in [2.45, 2.75) is 31.8 Å². The minimum atomic E-state index is 0.191. The number of nitrogens with zero attached hydrogens (tertiary/aromatic N) is 3. The van der Waals surface area contributed by atoms with Crippen LogP contribution in [-0.2, 0) is 0 Å². The maximum absolute atomic E-state index is 6.13. The monoisotopic (exact) mass is 335 g/mol. The molecule has 3 rings (SSSR count). The highest BCUT2D eigenvalue weighted by molar-refractivity contribution is 9.10. The van der Waals surface area contributed by atoms with E-state index in [0.29, 0.717) is 0 Å². The average molecular weight is 336 g/mol. The second-order valence-corrected chi connectivity index (χ2v) is 6.15. The highest BCUT2D eigenvalue weighted by atomic mass is 79.9. The van der Waals surface area contributed by atoms with Gasteiger partial charge in [0.25, 0.3) is 0 Å². The minimum absolute atomic E-state index is 0.191. The van der Waals surface area contributed by atoms with E-state index in [9.17, 15) is 0 Å². The number of hydrogen-bond acceptors (Lipinski definition) is 4. The van der Waals surface area contributed by atoms with Gasteiger partial charge in [-0.1, -0.05) is 28.1 Å². The lowest BCUT2D eigenvalue weighted by Crippen LogP contribution is -2.50. The van der Waals surface area contributed by atoms with Crippen molar-refractivity contribution >= 4 is 21.9 Å². The van der Waals surface area contributed by atoms with Crippen LogP contribution in [0.5, 0.6) is 0 Å². The molecule has 3 N–H and O–H groups in total. The Balaban J connectivity index is 1.86. The number of hydrogen-bond donors (Lipinski definition) is 2. The van der Waals surface area contributed by atoms with Gasteiger partial charge in [0, 0.05) is 28.7 Å². The van der Waals surface area contributed by atoms with Gasteiger partial charge in [0.1, 0.15) is 0 Å². The normalized spacial score (nSPS) is 23.1. The quantitative estimate of drug-likeness (QED) is 0.884. The van der Waals surface area contributed by atoms with Crippen LogP contribution in [0.4, 0.5) is 5.95 Å². The molecule has 2 unspecified atom stereocenters. The van der Waals surface area contributed by atoms with Crippen LogP contribution in [0.3, 0.4) is 0 Å². The zero-order valence-electron chi connectivity index (χ0n) is 11.4. The van der Waals surface area contributed by atoms with E-state index in [0.717, 1.165) is 41.2 Å². The fraction of sp³-hybridized carbons (Fsp3) is 0.429. The molecule has 2 atom stereocenters. The zero-order valence-corrected chi connectivity index (χ0v) is 13.0. The van der Waals surface area contributed by atoms with Crippen molar-refractivity contribution in [1.29, 1.82) is 0 Å². The van der Waals surface area contributed by atoms with E-state index >= 15 is 0 Å². The summed E-state index contributed by atoms with van der Waals surface area (Å²) in [7, 11) is 0. The Labute approximate surface area is 126 Å². The molecule has 0 aliphatic carbocycles. The first-order chi connectivity index (χ1) is 9.65. The van der Waals surface area contributed by atoms with Crippen LogP contribution in [0.15, 0.2) is 28.7 Å². The summed E-state index contributed by atoms with van der Waals surface area (Å²) in [5.41, 5.74) is 7.15. The molecule has 20 heavy (non-hydrogen) atoms. The van der Waals surface area contributed by atoms with Crippen LogP contribution in [-0.4, -0.2) is 33.8 Å². The van der Waals surface area contributed by atoms with E-state index in [-0.39, 0.29) is 12.1 Å². The molecule has 1 saturated heterocycles. The van der Waals surface area contributed by atoms with E-state index in [2.05, 4.69) is 42.9 Å². The number of H-pyrrole nitrogens is 1. The van der Waals surface area contributed by atoms with Crippen molar-refractivity contribution in [2.75, 3.05) is 11.4 Å². The lowest BCUT2D eigenvalue weighted by Gasteiger charge is -2.36. The summed E-state index contributed by atoms with van der Waals surface area (Å²) in [6.45, 7) is 3.10. The third-order valence-electron chi connectivity index (χ3n) is 3.88. The number of anilines is 1. The van der Waals surface area contributed by atoms with Gasteiger partial charge < -0.3 is 10.6 Å². The first-order valence-corrected chi connectivity index (χ1v) is 7.65. The first kappa shape index (κ1) is 13.6. The molecule has 106 valence electrons. The van der Waals surface area contributed by atoms with Gasteiger partial charge in [0.15, 0.2) is 5.82 Å². The molecule has 1 aromatic heterocycles. The fourth-order valence-electron chi connectivity index (χ4n) is 2.60. The number of nitrogens with two attached hydrogens (primary N) is 1. The number of nitrogens with one attached hydrogen (secondary N) is 1. The minimum Gasteiger partial charge on any atom is -0.335 e. The highest BCUT2D eigenvalue weighted by Crippen LogP contribution is 2.24. The predicted octanol–water partition coefficient (Wildman–Crippen LogP) is 2.55. The number of benzene rings is 1. The van der Waals surface area contributed by atoms with Crippen LogP contribution in [0.25, 0.3) is 11.4 Å². The molecule has 1 fully saturated rings. The Morgan fingerprint density at radius 3 is 3.10 bits per heavy atom. The number of halogens is 1. The van der Waals surface area contributed by atoms with Crippen molar-refractivity contribution in [3.8, 4) is 11.4 Å². The van der Waals surface area contributed by atoms with E-state index < -0.39 is 0 Å². The lowest BCUT2D eigenvalue weighted by molar-refractivity contribution is 0.416. The molecule has 1 aliphatic heterocycles. The van der Waals surface area contributed by atoms with Gasteiger partial charge in [-0.25, -0.2) is 0 Å². The molecule has 0 radical (unpaired) electrons. The summed E-state index contributed by atoms with van der Waals surface area (Å²) >= 11 is 3.47. The molecule has 1 aliphatic rings. The van der Waals surface area contributed by atoms with Crippen LogP contribution in [0.1, 0.15) is 19.8 Å². The summed E-state index contributed by atoms with van der Waals surface area (Å²) in [6, 6.07) is 8.48. The summed E-state index contributed by atoms with van der Waals surface area (Å²) in [6.07, 6.45) is 2.16. The van der Waals surface area contributed by atoms with Gasteiger partial charge >= 0.3 is 0 Å². The zero-order chi connectivity index (χ0) is 14.1. The molecule has 0 amide bonds. The summed E-state index contributed by atoms with van der Waals surface area (Å²) < 4.78 is 1.03. The van der Waals surface area contributed by atoms with Crippen molar-refractivity contribution in [3.05, 3.63) is 28.7 Å². The maximum Gasteiger partial charge on any atom is 0.245 e.